The number of carbonyl (C=O) groups is 2. The van der Waals surface area contributed by atoms with Crippen LogP contribution in [0.2, 0.25) is 0 Å². The number of hydrogen-bond donors (Lipinski definition) is 1. The Bertz CT molecular complexity index is 735. The van der Waals surface area contributed by atoms with Crippen molar-refractivity contribution in [2.45, 2.75) is 13.2 Å². The van der Waals surface area contributed by atoms with Gasteiger partial charge in [-0.15, -0.1) is 0 Å². The van der Waals surface area contributed by atoms with Crippen molar-refractivity contribution in [3.05, 3.63) is 77.5 Å². The third-order valence-electron chi connectivity index (χ3n) is 3.51. The van der Waals surface area contributed by atoms with E-state index in [0.29, 0.717) is 16.8 Å². The van der Waals surface area contributed by atoms with Crippen LogP contribution in [-0.4, -0.2) is 18.0 Å². The largest absolute Gasteiger partial charge is 0.430 e. The Hall–Kier alpha value is -2.88. The van der Waals surface area contributed by atoms with Gasteiger partial charge in [0.2, 0.25) is 12.0 Å². The van der Waals surface area contributed by atoms with Gasteiger partial charge in [0.25, 0.3) is 0 Å². The maximum atomic E-state index is 12.4. The van der Waals surface area contributed by atoms with Crippen LogP contribution in [0, 0.1) is 0 Å². The van der Waals surface area contributed by atoms with Crippen LogP contribution in [0.5, 0.6) is 0 Å². The first-order valence-electron chi connectivity index (χ1n) is 7.00. The average Bonchev–Trinajstić information content (AvgIpc) is 2.55. The number of benzene rings is 2. The van der Waals surface area contributed by atoms with Crippen LogP contribution in [-0.2, 0) is 9.53 Å². The molecule has 2 aromatic carbocycles. The summed E-state index contributed by atoms with van der Waals surface area (Å²) in [6.45, 7) is 1.77. The molecule has 0 spiro atoms. The maximum absolute atomic E-state index is 12.4. The number of nitrogens with one attached hydrogen (secondary N) is 1. The Labute approximate surface area is 128 Å². The summed E-state index contributed by atoms with van der Waals surface area (Å²) in [7, 11) is 0. The molecule has 0 bridgehead atoms. The van der Waals surface area contributed by atoms with E-state index < -0.39 is 12.2 Å². The van der Waals surface area contributed by atoms with Gasteiger partial charge in [-0.2, -0.15) is 0 Å². The number of esters is 1. The van der Waals surface area contributed by atoms with Crippen LogP contribution in [0.4, 0.5) is 0 Å². The van der Waals surface area contributed by atoms with E-state index in [9.17, 15) is 9.59 Å². The molecule has 1 atom stereocenters. The van der Waals surface area contributed by atoms with E-state index >= 15 is 0 Å². The van der Waals surface area contributed by atoms with Crippen LogP contribution in [0.25, 0.3) is 5.57 Å². The van der Waals surface area contributed by atoms with Crippen LogP contribution in [0.3, 0.4) is 0 Å². The summed E-state index contributed by atoms with van der Waals surface area (Å²) >= 11 is 0. The molecule has 22 heavy (non-hydrogen) atoms. The molecule has 0 fully saturated rings. The topological polar surface area (TPSA) is 55.4 Å². The van der Waals surface area contributed by atoms with Crippen LogP contribution < -0.4 is 5.32 Å². The summed E-state index contributed by atoms with van der Waals surface area (Å²) < 4.78 is 5.28. The number of hydrogen-bond acceptors (Lipinski definition) is 4. The quantitative estimate of drug-likeness (QED) is 0.698. The fraction of sp³-hybridized carbons (Fsp3) is 0.111. The van der Waals surface area contributed by atoms with Crippen molar-refractivity contribution in [2.75, 3.05) is 0 Å². The highest BCUT2D eigenvalue weighted by molar-refractivity contribution is 6.19. The highest BCUT2D eigenvalue weighted by Gasteiger charge is 2.32. The van der Waals surface area contributed by atoms with Gasteiger partial charge in [-0.3, -0.25) is 4.79 Å². The molecule has 2 aromatic rings. The number of ketones is 1. The van der Waals surface area contributed by atoms with E-state index in [1.54, 1.807) is 31.2 Å². The first-order chi connectivity index (χ1) is 10.7. The average molecular weight is 293 g/mol. The molecule has 1 N–H and O–H groups in total. The highest BCUT2D eigenvalue weighted by atomic mass is 16.6. The molecule has 1 heterocycles. The van der Waals surface area contributed by atoms with Crippen molar-refractivity contribution in [3.8, 4) is 0 Å². The number of cyclic esters (lactones) is 1. The molecule has 0 saturated carbocycles. The smallest absolute Gasteiger partial charge is 0.342 e. The highest BCUT2D eigenvalue weighted by Crippen LogP contribution is 2.24. The first kappa shape index (κ1) is 14.1. The van der Waals surface area contributed by atoms with E-state index in [-0.39, 0.29) is 5.78 Å². The van der Waals surface area contributed by atoms with E-state index in [0.717, 1.165) is 5.56 Å². The second-order valence-corrected chi connectivity index (χ2v) is 5.03. The predicted molar refractivity (Wildman–Crippen MR) is 82.8 cm³/mol. The third-order valence-corrected chi connectivity index (χ3v) is 3.51. The van der Waals surface area contributed by atoms with Gasteiger partial charge in [0, 0.05) is 11.3 Å². The van der Waals surface area contributed by atoms with Gasteiger partial charge < -0.3 is 10.1 Å². The normalized spacial score (nSPS) is 17.7. The summed E-state index contributed by atoms with van der Waals surface area (Å²) in [5, 5.41) is 2.98. The number of allylic oxidation sites excluding steroid dienone is 1. The van der Waals surface area contributed by atoms with Gasteiger partial charge in [-0.25, -0.2) is 4.79 Å². The van der Waals surface area contributed by atoms with Crippen LogP contribution in [0.15, 0.2) is 66.4 Å². The lowest BCUT2D eigenvalue weighted by Crippen LogP contribution is -2.44. The Morgan fingerprint density at radius 1 is 1.00 bits per heavy atom. The second-order valence-electron chi connectivity index (χ2n) is 5.03. The molecule has 0 aliphatic carbocycles. The fourth-order valence-corrected chi connectivity index (χ4v) is 2.43. The molecule has 110 valence electrons. The molecule has 0 saturated heterocycles. The monoisotopic (exact) mass is 293 g/mol. The Morgan fingerprint density at radius 2 is 1.59 bits per heavy atom. The fourth-order valence-electron chi connectivity index (χ4n) is 2.43. The van der Waals surface area contributed by atoms with Crippen molar-refractivity contribution in [2.24, 2.45) is 0 Å². The molecule has 1 aliphatic heterocycles. The lowest BCUT2D eigenvalue weighted by Gasteiger charge is -2.26. The molecule has 1 aliphatic rings. The third kappa shape index (κ3) is 2.63. The zero-order chi connectivity index (χ0) is 15.5. The second kappa shape index (κ2) is 5.85. The number of carbonyl (C=O) groups excluding carboxylic acids is 2. The summed E-state index contributed by atoms with van der Waals surface area (Å²) in [5.74, 6) is -0.753. The number of ether oxygens (including phenoxy) is 1. The van der Waals surface area contributed by atoms with E-state index in [4.69, 9.17) is 4.74 Å². The number of Topliss-reactive ketones (excluding diaryl/α,β-unsaturated/α-hetero) is 1. The Morgan fingerprint density at radius 3 is 2.18 bits per heavy atom. The summed E-state index contributed by atoms with van der Waals surface area (Å²) in [4.78, 5) is 24.7. The SMILES string of the molecule is CC1=C(c2ccccc2)C(=O)OC(C(=O)c2ccccc2)N1. The van der Waals surface area contributed by atoms with Crippen LogP contribution >= 0.6 is 0 Å². The van der Waals surface area contributed by atoms with Gasteiger partial charge in [-0.1, -0.05) is 60.7 Å². The minimum absolute atomic E-state index is 0.264. The van der Waals surface area contributed by atoms with E-state index in [2.05, 4.69) is 5.32 Å². The lowest BCUT2D eigenvalue weighted by atomic mass is 10.0. The Balaban J connectivity index is 1.88. The van der Waals surface area contributed by atoms with Crippen molar-refractivity contribution in [3.63, 3.8) is 0 Å². The minimum Gasteiger partial charge on any atom is -0.430 e. The number of rotatable bonds is 3. The standard InChI is InChI=1S/C18H15NO3/c1-12-15(13-8-4-2-5-9-13)18(21)22-17(19-12)16(20)14-10-6-3-7-11-14/h2-11,17,19H,1H3. The summed E-state index contributed by atoms with van der Waals surface area (Å²) in [5.41, 5.74) is 2.36. The van der Waals surface area contributed by atoms with Crippen molar-refractivity contribution >= 4 is 17.3 Å². The van der Waals surface area contributed by atoms with Gasteiger partial charge in [0.1, 0.15) is 0 Å². The van der Waals surface area contributed by atoms with Crippen LogP contribution in [0.1, 0.15) is 22.8 Å². The molecule has 0 aromatic heterocycles. The van der Waals surface area contributed by atoms with Gasteiger partial charge in [0.05, 0.1) is 5.57 Å². The van der Waals surface area contributed by atoms with E-state index in [1.807, 2.05) is 36.4 Å². The molecule has 1 unspecified atom stereocenters. The predicted octanol–water partition coefficient (Wildman–Crippen LogP) is 2.77. The van der Waals surface area contributed by atoms with Crippen molar-refractivity contribution in [1.82, 2.24) is 5.32 Å². The van der Waals surface area contributed by atoms with E-state index in [1.165, 1.54) is 0 Å². The molecular formula is C18H15NO3. The summed E-state index contributed by atoms with van der Waals surface area (Å²) in [6, 6.07) is 18.0. The Kier molecular flexibility index (Phi) is 3.74. The molecule has 4 nitrogen and oxygen atoms in total. The molecule has 3 rings (SSSR count). The molecule has 4 heteroatoms. The van der Waals surface area contributed by atoms with Crippen molar-refractivity contribution in [1.29, 1.82) is 0 Å². The zero-order valence-electron chi connectivity index (χ0n) is 12.1. The van der Waals surface area contributed by atoms with Crippen molar-refractivity contribution < 1.29 is 14.3 Å². The molecule has 0 amide bonds. The zero-order valence-corrected chi connectivity index (χ0v) is 12.1. The first-order valence-corrected chi connectivity index (χ1v) is 7.00. The van der Waals surface area contributed by atoms with Gasteiger partial charge in [-0.05, 0) is 12.5 Å². The maximum Gasteiger partial charge on any atom is 0.342 e. The summed E-state index contributed by atoms with van der Waals surface area (Å²) in [6.07, 6.45) is -0.984. The minimum atomic E-state index is -0.984. The molecular weight excluding hydrogens is 278 g/mol. The molecule has 0 radical (unpaired) electrons. The van der Waals surface area contributed by atoms with Gasteiger partial charge in [0.15, 0.2) is 0 Å². The lowest BCUT2D eigenvalue weighted by molar-refractivity contribution is -0.142. The van der Waals surface area contributed by atoms with Gasteiger partial charge >= 0.3 is 5.97 Å².